The van der Waals surface area contributed by atoms with Crippen molar-refractivity contribution >= 4 is 5.78 Å². The van der Waals surface area contributed by atoms with E-state index in [1.54, 1.807) is 5.57 Å². The van der Waals surface area contributed by atoms with Crippen LogP contribution >= 0.6 is 0 Å². The van der Waals surface area contributed by atoms with Gasteiger partial charge in [0, 0.05) is 6.42 Å². The fourth-order valence-corrected chi connectivity index (χ4v) is 8.26. The highest BCUT2D eigenvalue weighted by Crippen LogP contribution is 2.81. The molecule has 2 heteroatoms. The summed E-state index contributed by atoms with van der Waals surface area (Å²) in [4.78, 5) is 12.0. The third-order valence-electron chi connectivity index (χ3n) is 9.22. The molecule has 0 aromatic rings. The van der Waals surface area contributed by atoms with E-state index in [4.69, 9.17) is 4.74 Å². The molecule has 5 saturated carbocycles. The lowest BCUT2D eigenvalue weighted by atomic mass is 9.49. The van der Waals surface area contributed by atoms with Gasteiger partial charge in [-0.1, -0.05) is 12.5 Å². The van der Waals surface area contributed by atoms with Gasteiger partial charge in [-0.05, 0) is 85.0 Å². The maximum absolute atomic E-state index is 12.0. The Labute approximate surface area is 131 Å². The lowest BCUT2D eigenvalue weighted by molar-refractivity contribution is -0.117. The molecule has 1 aliphatic heterocycles. The first-order valence-electron chi connectivity index (χ1n) is 9.56. The number of carbonyl (C=O) groups excluding carboxylic acids is 1. The molecule has 1 heterocycles. The van der Waals surface area contributed by atoms with E-state index < -0.39 is 0 Å². The van der Waals surface area contributed by atoms with Crippen LogP contribution in [0.15, 0.2) is 11.6 Å². The second-order valence-electron chi connectivity index (χ2n) is 9.79. The summed E-state index contributed by atoms with van der Waals surface area (Å²) < 4.78 is 6.33. The molecular weight excluding hydrogens is 272 g/mol. The van der Waals surface area contributed by atoms with Crippen LogP contribution < -0.4 is 0 Å². The first kappa shape index (κ1) is 11.8. The SMILES string of the molecule is C[C@]12CCC(=O)C=C1[C@@H]1C[C@@H]1C1C2CC[C@]23O[C@H]2[C@H]2C[C@H]2C13. The maximum Gasteiger partial charge on any atom is 0.155 e. The summed E-state index contributed by atoms with van der Waals surface area (Å²) in [7, 11) is 0. The number of hydrogen-bond donors (Lipinski definition) is 0. The highest BCUT2D eigenvalue weighted by atomic mass is 16.6. The zero-order valence-corrected chi connectivity index (χ0v) is 13.3. The van der Waals surface area contributed by atoms with Gasteiger partial charge in [0.25, 0.3) is 0 Å². The number of hydrogen-bond acceptors (Lipinski definition) is 2. The van der Waals surface area contributed by atoms with E-state index in [0.717, 1.165) is 54.3 Å². The van der Waals surface area contributed by atoms with Crippen molar-refractivity contribution < 1.29 is 9.53 Å². The molecular formula is C20H24O2. The van der Waals surface area contributed by atoms with Crippen molar-refractivity contribution in [3.05, 3.63) is 11.6 Å². The summed E-state index contributed by atoms with van der Waals surface area (Å²) in [6.45, 7) is 2.51. The van der Waals surface area contributed by atoms with Crippen LogP contribution in [0.5, 0.6) is 0 Å². The second-order valence-corrected chi connectivity index (χ2v) is 9.79. The van der Waals surface area contributed by atoms with Crippen molar-refractivity contribution in [2.24, 2.45) is 46.8 Å². The lowest BCUT2D eigenvalue weighted by Crippen LogP contribution is -2.51. The second kappa shape index (κ2) is 3.14. The molecule has 0 radical (unpaired) electrons. The van der Waals surface area contributed by atoms with Crippen LogP contribution in [0.3, 0.4) is 0 Å². The Bertz CT molecular complexity index is 665. The molecule has 6 fully saturated rings. The van der Waals surface area contributed by atoms with Gasteiger partial charge in [-0.3, -0.25) is 4.79 Å². The molecule has 10 atom stereocenters. The molecule has 0 aromatic carbocycles. The number of ether oxygens (including phenoxy) is 1. The van der Waals surface area contributed by atoms with Crippen molar-refractivity contribution in [3.8, 4) is 0 Å². The standard InChI is InChI=1S/C20H24O2/c1-19-4-2-9(21)6-15(19)10-7-11(10)16-14(19)3-5-20-17(16)12-8-13(12)18(20)22-20/h6,10-14,16-18H,2-5,7-8H2,1H3/t10-,11+,12-,13+,14?,16?,17?,18+,19-,20-/m1/s1. The number of epoxide rings is 1. The third kappa shape index (κ3) is 1.06. The Morgan fingerprint density at radius 3 is 3.00 bits per heavy atom. The van der Waals surface area contributed by atoms with Crippen molar-refractivity contribution in [3.63, 3.8) is 0 Å². The van der Waals surface area contributed by atoms with Gasteiger partial charge >= 0.3 is 0 Å². The molecule has 0 amide bonds. The number of fused-ring (bicyclic) bond motifs is 10. The van der Waals surface area contributed by atoms with Crippen LogP contribution in [0.25, 0.3) is 0 Å². The molecule has 0 N–H and O–H groups in total. The molecule has 1 spiro atoms. The molecule has 22 heavy (non-hydrogen) atoms. The van der Waals surface area contributed by atoms with Crippen LogP contribution in [-0.4, -0.2) is 17.5 Å². The highest BCUT2D eigenvalue weighted by Gasteiger charge is 2.83. The van der Waals surface area contributed by atoms with E-state index >= 15 is 0 Å². The fraction of sp³-hybridized carbons (Fsp3) is 0.850. The third-order valence-corrected chi connectivity index (χ3v) is 9.22. The maximum atomic E-state index is 12.0. The van der Waals surface area contributed by atoms with E-state index in [1.807, 2.05) is 0 Å². The number of ketones is 1. The summed E-state index contributed by atoms with van der Waals surface area (Å²) in [6.07, 6.45) is 10.2. The van der Waals surface area contributed by atoms with E-state index in [-0.39, 0.29) is 0 Å². The van der Waals surface area contributed by atoms with Crippen LogP contribution in [0.4, 0.5) is 0 Å². The Hall–Kier alpha value is -0.630. The average molecular weight is 296 g/mol. The minimum absolute atomic E-state index is 0.342. The predicted molar refractivity (Wildman–Crippen MR) is 80.9 cm³/mol. The Morgan fingerprint density at radius 2 is 2.09 bits per heavy atom. The molecule has 7 aliphatic rings. The van der Waals surface area contributed by atoms with Gasteiger partial charge in [-0.25, -0.2) is 0 Å². The fourth-order valence-electron chi connectivity index (χ4n) is 8.26. The van der Waals surface area contributed by atoms with Crippen molar-refractivity contribution in [2.45, 2.75) is 57.2 Å². The van der Waals surface area contributed by atoms with Crippen LogP contribution in [0, 0.1) is 46.8 Å². The Kier molecular flexibility index (Phi) is 1.69. The lowest BCUT2D eigenvalue weighted by Gasteiger charge is -2.55. The average Bonchev–Trinajstić information content (AvgIpc) is 3.38. The zero-order chi connectivity index (χ0) is 14.4. The smallest absolute Gasteiger partial charge is 0.155 e. The van der Waals surface area contributed by atoms with E-state index in [0.29, 0.717) is 22.9 Å². The quantitative estimate of drug-likeness (QED) is 0.642. The monoisotopic (exact) mass is 296 g/mol. The van der Waals surface area contributed by atoms with Gasteiger partial charge in [0.1, 0.15) is 0 Å². The minimum atomic E-state index is 0.342. The van der Waals surface area contributed by atoms with Gasteiger partial charge in [-0.2, -0.15) is 0 Å². The molecule has 3 unspecified atom stereocenters. The van der Waals surface area contributed by atoms with Gasteiger partial charge < -0.3 is 4.74 Å². The van der Waals surface area contributed by atoms with E-state index in [2.05, 4.69) is 13.0 Å². The number of allylic oxidation sites excluding steroid dienone is 1. The first-order chi connectivity index (χ1) is 10.6. The van der Waals surface area contributed by atoms with E-state index in [9.17, 15) is 4.79 Å². The van der Waals surface area contributed by atoms with E-state index in [1.165, 1.54) is 25.7 Å². The van der Waals surface area contributed by atoms with Gasteiger partial charge in [0.15, 0.2) is 5.78 Å². The number of rotatable bonds is 0. The Balaban J connectivity index is 1.37. The largest absolute Gasteiger partial charge is 0.365 e. The van der Waals surface area contributed by atoms with Crippen molar-refractivity contribution in [1.29, 1.82) is 0 Å². The first-order valence-corrected chi connectivity index (χ1v) is 9.56. The summed E-state index contributed by atoms with van der Waals surface area (Å²) >= 11 is 0. The topological polar surface area (TPSA) is 29.6 Å². The predicted octanol–water partition coefficient (Wildman–Crippen LogP) is 3.36. The normalized spacial score (nSPS) is 68.6. The molecule has 1 saturated heterocycles. The molecule has 2 nitrogen and oxygen atoms in total. The summed E-state index contributed by atoms with van der Waals surface area (Å²) in [6, 6.07) is 0. The van der Waals surface area contributed by atoms with Crippen molar-refractivity contribution in [1.82, 2.24) is 0 Å². The molecule has 6 aliphatic carbocycles. The molecule has 116 valence electrons. The van der Waals surface area contributed by atoms with Crippen LogP contribution in [-0.2, 0) is 9.53 Å². The molecule has 7 rings (SSSR count). The van der Waals surface area contributed by atoms with Crippen LogP contribution in [0.1, 0.15) is 45.4 Å². The van der Waals surface area contributed by atoms with Gasteiger partial charge in [-0.15, -0.1) is 0 Å². The Morgan fingerprint density at radius 1 is 1.18 bits per heavy atom. The zero-order valence-electron chi connectivity index (χ0n) is 13.3. The molecule has 0 aromatic heterocycles. The summed E-state index contributed by atoms with van der Waals surface area (Å²) in [5, 5.41) is 0. The number of carbonyl (C=O) groups is 1. The van der Waals surface area contributed by atoms with Crippen LogP contribution in [0.2, 0.25) is 0 Å². The summed E-state index contributed by atoms with van der Waals surface area (Å²) in [5.41, 5.74) is 2.27. The summed E-state index contributed by atoms with van der Waals surface area (Å²) in [5.74, 6) is 6.70. The molecule has 0 bridgehead atoms. The van der Waals surface area contributed by atoms with Gasteiger partial charge in [0.05, 0.1) is 11.7 Å². The minimum Gasteiger partial charge on any atom is -0.365 e. The highest BCUT2D eigenvalue weighted by molar-refractivity contribution is 5.92. The van der Waals surface area contributed by atoms with Gasteiger partial charge in [0.2, 0.25) is 0 Å². The van der Waals surface area contributed by atoms with Crippen molar-refractivity contribution in [2.75, 3.05) is 0 Å².